The van der Waals surface area contributed by atoms with E-state index in [9.17, 15) is 21.6 Å². The average molecular weight is 465 g/mol. The summed E-state index contributed by atoms with van der Waals surface area (Å²) in [4.78, 5) is 14.6. The zero-order valence-electron chi connectivity index (χ0n) is 16.9. The molecule has 0 radical (unpaired) electrons. The van der Waals surface area contributed by atoms with Gasteiger partial charge in [0.15, 0.2) is 5.84 Å². The average Bonchev–Trinajstić information content (AvgIpc) is 2.77. The van der Waals surface area contributed by atoms with Crippen molar-refractivity contribution in [1.82, 2.24) is 14.5 Å². The van der Waals surface area contributed by atoms with Crippen molar-refractivity contribution in [2.75, 3.05) is 25.4 Å². The predicted octanol–water partition coefficient (Wildman–Crippen LogP) is 0.975. The molecular weight excluding hydrogens is 440 g/mol. The molecule has 166 valence electrons. The maximum atomic E-state index is 12.9. The van der Waals surface area contributed by atoms with Gasteiger partial charge in [0.2, 0.25) is 10.0 Å². The number of allylic oxidation sites excluding steroid dienone is 2. The molecule has 3 aliphatic heterocycles. The van der Waals surface area contributed by atoms with Crippen molar-refractivity contribution in [3.63, 3.8) is 0 Å². The third-order valence-electron chi connectivity index (χ3n) is 5.41. The number of hydrogen-bond acceptors (Lipinski definition) is 6. The molecule has 1 amide bonds. The Hall–Kier alpha value is -2.50. The van der Waals surface area contributed by atoms with Crippen molar-refractivity contribution in [3.05, 3.63) is 53.8 Å². The fourth-order valence-corrected chi connectivity index (χ4v) is 6.31. The van der Waals surface area contributed by atoms with Crippen molar-refractivity contribution < 1.29 is 21.6 Å². The van der Waals surface area contributed by atoms with Crippen LogP contribution in [0.5, 0.6) is 0 Å². The van der Waals surface area contributed by atoms with Gasteiger partial charge in [-0.05, 0) is 42.7 Å². The molecular formula is C20H24N4O5S2. The van der Waals surface area contributed by atoms with E-state index in [1.165, 1.54) is 10.4 Å². The molecule has 1 saturated heterocycles. The summed E-state index contributed by atoms with van der Waals surface area (Å²) >= 11 is 0. The number of amides is 1. The van der Waals surface area contributed by atoms with Crippen LogP contribution in [0.1, 0.15) is 24.8 Å². The molecule has 0 spiro atoms. The number of carbonyl (C=O) groups excluding carboxylic acids is 1. The molecule has 9 nitrogen and oxygen atoms in total. The normalized spacial score (nSPS) is 21.1. The van der Waals surface area contributed by atoms with E-state index >= 15 is 0 Å². The lowest BCUT2D eigenvalue weighted by Crippen LogP contribution is -2.42. The number of benzene rings is 1. The van der Waals surface area contributed by atoms with Gasteiger partial charge in [-0.2, -0.15) is 4.31 Å². The van der Waals surface area contributed by atoms with Crippen LogP contribution in [0, 0.1) is 0 Å². The molecule has 0 saturated carbocycles. The van der Waals surface area contributed by atoms with E-state index in [2.05, 4.69) is 9.71 Å². The maximum absolute atomic E-state index is 12.9. The number of amidine groups is 1. The van der Waals surface area contributed by atoms with Gasteiger partial charge in [0.05, 0.1) is 16.2 Å². The number of nitrogens with zero attached hydrogens (tertiary/aromatic N) is 3. The van der Waals surface area contributed by atoms with Gasteiger partial charge in [-0.15, -0.1) is 4.40 Å². The van der Waals surface area contributed by atoms with Gasteiger partial charge in [0, 0.05) is 32.4 Å². The SMILES string of the molecule is O=C(NCc1cccc(S(=O)(=O)N2CCCCC2)c1)C1=CC=CN2CCS(=O)(=O)N=C12. The van der Waals surface area contributed by atoms with Crippen LogP contribution in [0.4, 0.5) is 0 Å². The van der Waals surface area contributed by atoms with Crippen molar-refractivity contribution >= 4 is 31.8 Å². The van der Waals surface area contributed by atoms with Crippen LogP contribution >= 0.6 is 0 Å². The molecule has 1 fully saturated rings. The summed E-state index contributed by atoms with van der Waals surface area (Å²) in [6, 6.07) is 6.51. The Bertz CT molecular complexity index is 1180. The molecule has 1 N–H and O–H groups in total. The van der Waals surface area contributed by atoms with Crippen molar-refractivity contribution in [2.45, 2.75) is 30.7 Å². The zero-order valence-corrected chi connectivity index (χ0v) is 18.5. The van der Waals surface area contributed by atoms with Crippen molar-refractivity contribution in [2.24, 2.45) is 4.40 Å². The highest BCUT2D eigenvalue weighted by Crippen LogP contribution is 2.22. The Labute approximate surface area is 182 Å². The third kappa shape index (κ3) is 4.73. The molecule has 0 atom stereocenters. The van der Waals surface area contributed by atoms with Crippen LogP contribution in [-0.4, -0.2) is 63.2 Å². The summed E-state index contributed by atoms with van der Waals surface area (Å²) in [6.07, 6.45) is 7.61. The highest BCUT2D eigenvalue weighted by Gasteiger charge is 2.30. The van der Waals surface area contributed by atoms with E-state index in [1.807, 2.05) is 0 Å². The van der Waals surface area contributed by atoms with Gasteiger partial charge >= 0.3 is 0 Å². The third-order valence-corrected chi connectivity index (χ3v) is 8.45. The van der Waals surface area contributed by atoms with Crippen LogP contribution in [0.2, 0.25) is 0 Å². The van der Waals surface area contributed by atoms with Gasteiger partial charge in [-0.25, -0.2) is 16.8 Å². The van der Waals surface area contributed by atoms with Gasteiger partial charge in [0.1, 0.15) is 0 Å². The Morgan fingerprint density at radius 3 is 2.68 bits per heavy atom. The minimum atomic E-state index is -3.60. The monoisotopic (exact) mass is 464 g/mol. The van der Waals surface area contributed by atoms with Gasteiger partial charge in [-0.3, -0.25) is 4.79 Å². The van der Waals surface area contributed by atoms with E-state index in [0.717, 1.165) is 19.3 Å². The van der Waals surface area contributed by atoms with E-state index in [1.54, 1.807) is 41.4 Å². The summed E-state index contributed by atoms with van der Waals surface area (Å²) in [5.74, 6) is -0.476. The second kappa shape index (κ2) is 8.56. The first-order chi connectivity index (χ1) is 14.8. The molecule has 0 bridgehead atoms. The molecule has 11 heteroatoms. The quantitative estimate of drug-likeness (QED) is 0.694. The topological polar surface area (TPSA) is 116 Å². The lowest BCUT2D eigenvalue weighted by Gasteiger charge is -2.28. The number of hydrogen-bond donors (Lipinski definition) is 1. The van der Waals surface area contributed by atoms with Gasteiger partial charge < -0.3 is 10.2 Å². The largest absolute Gasteiger partial charge is 0.348 e. The Balaban J connectivity index is 1.48. The number of fused-ring (bicyclic) bond motifs is 1. The fraction of sp³-hybridized carbons (Fsp3) is 0.400. The summed E-state index contributed by atoms with van der Waals surface area (Å²) in [5, 5.41) is 2.74. The number of piperidine rings is 1. The Morgan fingerprint density at radius 2 is 1.90 bits per heavy atom. The number of nitrogens with one attached hydrogen (secondary N) is 1. The minimum Gasteiger partial charge on any atom is -0.348 e. The van der Waals surface area contributed by atoms with Gasteiger partial charge in [-0.1, -0.05) is 18.6 Å². The fourth-order valence-electron chi connectivity index (χ4n) is 3.74. The van der Waals surface area contributed by atoms with Crippen LogP contribution in [0.25, 0.3) is 0 Å². The highest BCUT2D eigenvalue weighted by atomic mass is 32.2. The molecule has 0 aliphatic carbocycles. The van der Waals surface area contributed by atoms with Crippen LogP contribution in [-0.2, 0) is 31.4 Å². The standard InChI is InChI=1S/C20H24N4O5S2/c25-20(18-8-5-9-23-12-13-30(26,27)22-19(18)23)21-15-16-6-4-7-17(14-16)31(28,29)24-10-2-1-3-11-24/h4-9,14H,1-3,10-13,15H2,(H,21,25). The number of sulfonamides is 2. The highest BCUT2D eigenvalue weighted by molar-refractivity contribution is 7.90. The maximum Gasteiger partial charge on any atom is 0.256 e. The van der Waals surface area contributed by atoms with Crippen molar-refractivity contribution in [1.29, 1.82) is 0 Å². The van der Waals surface area contributed by atoms with Crippen LogP contribution in [0.15, 0.2) is 57.5 Å². The summed E-state index contributed by atoms with van der Waals surface area (Å²) in [6.45, 7) is 1.38. The molecule has 1 aromatic rings. The second-order valence-corrected chi connectivity index (χ2v) is 11.3. The van der Waals surface area contributed by atoms with Crippen molar-refractivity contribution in [3.8, 4) is 0 Å². The molecule has 0 unspecified atom stereocenters. The molecule has 3 heterocycles. The van der Waals surface area contributed by atoms with E-state index < -0.39 is 26.0 Å². The van der Waals surface area contributed by atoms with E-state index in [0.29, 0.717) is 18.7 Å². The van der Waals surface area contributed by atoms with E-state index in [4.69, 9.17) is 0 Å². The van der Waals surface area contributed by atoms with E-state index in [-0.39, 0.29) is 35.1 Å². The smallest absolute Gasteiger partial charge is 0.256 e. The van der Waals surface area contributed by atoms with Gasteiger partial charge in [0.25, 0.3) is 15.9 Å². The number of carbonyl (C=O) groups is 1. The molecule has 4 rings (SSSR count). The van der Waals surface area contributed by atoms with Crippen LogP contribution in [0.3, 0.4) is 0 Å². The lowest BCUT2D eigenvalue weighted by atomic mass is 10.1. The first-order valence-electron chi connectivity index (χ1n) is 10.1. The zero-order chi connectivity index (χ0) is 22.1. The Kier molecular flexibility index (Phi) is 6.00. The summed E-state index contributed by atoms with van der Waals surface area (Å²) < 4.78 is 54.7. The Morgan fingerprint density at radius 1 is 1.13 bits per heavy atom. The second-order valence-electron chi connectivity index (χ2n) is 7.61. The van der Waals surface area contributed by atoms with Crippen LogP contribution < -0.4 is 5.32 Å². The first-order valence-corrected chi connectivity index (χ1v) is 13.2. The predicted molar refractivity (Wildman–Crippen MR) is 116 cm³/mol. The lowest BCUT2D eigenvalue weighted by molar-refractivity contribution is -0.117. The molecule has 31 heavy (non-hydrogen) atoms. The molecule has 0 aromatic heterocycles. The minimum absolute atomic E-state index is 0.100. The number of rotatable bonds is 5. The summed E-state index contributed by atoms with van der Waals surface area (Å²) in [5.41, 5.74) is 0.788. The first kappa shape index (κ1) is 21.7. The molecule has 3 aliphatic rings. The summed E-state index contributed by atoms with van der Waals surface area (Å²) in [7, 11) is -7.16. The molecule has 1 aromatic carbocycles.